The second-order valence-corrected chi connectivity index (χ2v) is 7.73. The van der Waals surface area contributed by atoms with Crippen LogP contribution in [0.15, 0.2) is 60.0 Å². The van der Waals surface area contributed by atoms with Gasteiger partial charge in [-0.3, -0.25) is 20.4 Å². The second-order valence-electron chi connectivity index (χ2n) is 6.08. The van der Waals surface area contributed by atoms with Crippen LogP contribution in [0.3, 0.4) is 0 Å². The van der Waals surface area contributed by atoms with Crippen molar-refractivity contribution in [2.24, 2.45) is 0 Å². The predicted molar refractivity (Wildman–Crippen MR) is 115 cm³/mol. The largest absolute Gasteiger partial charge is 0.497 e. The highest BCUT2D eigenvalue weighted by Crippen LogP contribution is 2.14. The van der Waals surface area contributed by atoms with Crippen molar-refractivity contribution in [3.05, 3.63) is 65.6 Å². The molecule has 4 N–H and O–H groups in total. The van der Waals surface area contributed by atoms with Gasteiger partial charge < -0.3 is 10.1 Å². The average molecular weight is 433 g/mol. The fourth-order valence-electron chi connectivity index (χ4n) is 2.22. The molecule has 0 radical (unpaired) electrons. The molecule has 9 nitrogen and oxygen atoms in total. The molecule has 0 saturated carbocycles. The number of hydrogen-bond acceptors (Lipinski definition) is 6. The summed E-state index contributed by atoms with van der Waals surface area (Å²) in [6.45, 7) is -0.156. The van der Waals surface area contributed by atoms with Gasteiger partial charge in [0.2, 0.25) is 15.9 Å². The lowest BCUT2D eigenvalue weighted by atomic mass is 10.2. The van der Waals surface area contributed by atoms with Crippen molar-refractivity contribution in [2.75, 3.05) is 25.5 Å². The third kappa shape index (κ3) is 8.76. The van der Waals surface area contributed by atoms with Crippen molar-refractivity contribution in [2.45, 2.75) is 6.42 Å². The zero-order valence-corrected chi connectivity index (χ0v) is 17.2. The van der Waals surface area contributed by atoms with Gasteiger partial charge in [-0.25, -0.2) is 13.1 Å². The monoisotopic (exact) mass is 432 g/mol. The normalized spacial score (nSPS) is 11.1. The van der Waals surface area contributed by atoms with Gasteiger partial charge in [-0.05, 0) is 35.9 Å². The standard InChI is InChI=1S/C20H24N4O5S/c1-29-18-9-7-17(8-10-18)21-15-20(26)24-23-19(25)11-13-22-30(27,28)14-12-16-5-3-2-4-6-16/h2-10,12,14,21-22H,11,13,15H2,1H3,(H,23,25)(H,24,26)/b14-12+. The molecule has 0 aromatic heterocycles. The number of amides is 2. The molecule has 10 heteroatoms. The Kier molecular flexibility index (Phi) is 8.85. The quantitative estimate of drug-likeness (QED) is 0.419. The SMILES string of the molecule is COc1ccc(NCC(=O)NNC(=O)CCNS(=O)(=O)/C=C/c2ccccc2)cc1. The van der Waals surface area contributed by atoms with E-state index < -0.39 is 21.8 Å². The Bertz CT molecular complexity index is 960. The maximum absolute atomic E-state index is 11.9. The number of rotatable bonds is 10. The number of nitrogens with one attached hydrogen (secondary N) is 4. The van der Waals surface area contributed by atoms with Crippen LogP contribution in [0.2, 0.25) is 0 Å². The molecule has 0 bridgehead atoms. The van der Waals surface area contributed by atoms with E-state index in [0.717, 1.165) is 16.7 Å². The van der Waals surface area contributed by atoms with Crippen LogP contribution in [-0.2, 0) is 19.6 Å². The molecule has 0 heterocycles. The fourth-order valence-corrected chi connectivity index (χ4v) is 3.04. The predicted octanol–water partition coefficient (Wildman–Crippen LogP) is 1.23. The van der Waals surface area contributed by atoms with E-state index in [2.05, 4.69) is 20.9 Å². The fraction of sp³-hybridized carbons (Fsp3) is 0.200. The van der Waals surface area contributed by atoms with Gasteiger partial charge in [0.15, 0.2) is 0 Å². The van der Waals surface area contributed by atoms with E-state index in [9.17, 15) is 18.0 Å². The van der Waals surface area contributed by atoms with Crippen molar-refractivity contribution >= 4 is 33.6 Å². The third-order valence-electron chi connectivity index (χ3n) is 3.78. The van der Waals surface area contributed by atoms with Crippen molar-refractivity contribution in [1.82, 2.24) is 15.6 Å². The molecule has 0 spiro atoms. The molecule has 0 unspecified atom stereocenters. The highest BCUT2D eigenvalue weighted by molar-refractivity contribution is 7.92. The molecule has 2 aromatic rings. The van der Waals surface area contributed by atoms with Crippen LogP contribution in [0.25, 0.3) is 6.08 Å². The van der Waals surface area contributed by atoms with Crippen molar-refractivity contribution in [3.8, 4) is 5.75 Å². The van der Waals surface area contributed by atoms with Crippen molar-refractivity contribution in [1.29, 1.82) is 0 Å². The highest BCUT2D eigenvalue weighted by Gasteiger charge is 2.08. The molecule has 0 saturated heterocycles. The Hall–Kier alpha value is -3.37. The zero-order chi connectivity index (χ0) is 21.8. The molecule has 2 aromatic carbocycles. The summed E-state index contributed by atoms with van der Waals surface area (Å²) in [5.74, 6) is -0.281. The van der Waals surface area contributed by atoms with E-state index in [0.29, 0.717) is 5.75 Å². The maximum atomic E-state index is 11.9. The van der Waals surface area contributed by atoms with E-state index in [1.165, 1.54) is 6.08 Å². The second kappa shape index (κ2) is 11.6. The third-order valence-corrected chi connectivity index (χ3v) is 4.88. The average Bonchev–Trinajstić information content (AvgIpc) is 2.76. The first-order chi connectivity index (χ1) is 14.4. The van der Waals surface area contributed by atoms with E-state index in [1.54, 1.807) is 55.6 Å². The van der Waals surface area contributed by atoms with E-state index in [4.69, 9.17) is 4.74 Å². The summed E-state index contributed by atoms with van der Waals surface area (Å²) < 4.78 is 31.1. The Labute approximate surface area is 175 Å². The van der Waals surface area contributed by atoms with Crippen LogP contribution in [0.4, 0.5) is 5.69 Å². The van der Waals surface area contributed by atoms with Gasteiger partial charge in [0.25, 0.3) is 5.91 Å². The van der Waals surface area contributed by atoms with Gasteiger partial charge in [0.05, 0.1) is 13.7 Å². The zero-order valence-electron chi connectivity index (χ0n) is 16.4. The topological polar surface area (TPSA) is 126 Å². The summed E-state index contributed by atoms with van der Waals surface area (Å²) in [7, 11) is -2.11. The van der Waals surface area contributed by atoms with Gasteiger partial charge in [-0.15, -0.1) is 0 Å². The lowest BCUT2D eigenvalue weighted by Gasteiger charge is -2.09. The molecule has 0 aliphatic rings. The number of ether oxygens (including phenoxy) is 1. The Morgan fingerprint density at radius 3 is 2.30 bits per heavy atom. The minimum atomic E-state index is -3.67. The number of hydrogen-bond donors (Lipinski definition) is 4. The van der Waals surface area contributed by atoms with Gasteiger partial charge in [-0.1, -0.05) is 30.3 Å². The first-order valence-electron chi connectivity index (χ1n) is 9.06. The van der Waals surface area contributed by atoms with E-state index >= 15 is 0 Å². The molecule has 0 aliphatic carbocycles. The smallest absolute Gasteiger partial charge is 0.257 e. The molecule has 0 fully saturated rings. The van der Waals surface area contributed by atoms with Gasteiger partial charge in [-0.2, -0.15) is 0 Å². The van der Waals surface area contributed by atoms with Crippen LogP contribution in [0, 0.1) is 0 Å². The van der Waals surface area contributed by atoms with E-state index in [1.807, 2.05) is 6.07 Å². The lowest BCUT2D eigenvalue weighted by molar-refractivity contribution is -0.127. The molecule has 160 valence electrons. The van der Waals surface area contributed by atoms with Crippen molar-refractivity contribution in [3.63, 3.8) is 0 Å². The summed E-state index contributed by atoms with van der Waals surface area (Å²) in [6, 6.07) is 16.0. The van der Waals surface area contributed by atoms with Crippen LogP contribution in [0.5, 0.6) is 5.75 Å². The first kappa shape index (κ1) is 22.9. The van der Waals surface area contributed by atoms with E-state index in [-0.39, 0.29) is 19.5 Å². The molecule has 2 rings (SSSR count). The van der Waals surface area contributed by atoms with Crippen LogP contribution >= 0.6 is 0 Å². The lowest BCUT2D eigenvalue weighted by Crippen LogP contribution is -2.45. The Morgan fingerprint density at radius 1 is 0.967 bits per heavy atom. The van der Waals surface area contributed by atoms with Gasteiger partial charge in [0.1, 0.15) is 5.75 Å². The van der Waals surface area contributed by atoms with Crippen molar-refractivity contribution < 1.29 is 22.7 Å². The van der Waals surface area contributed by atoms with Crippen LogP contribution in [-0.4, -0.2) is 40.4 Å². The minimum absolute atomic E-state index is 0.0521. The minimum Gasteiger partial charge on any atom is -0.497 e. The summed E-state index contributed by atoms with van der Waals surface area (Å²) >= 11 is 0. The number of hydrazine groups is 1. The summed E-state index contributed by atoms with van der Waals surface area (Å²) in [5, 5.41) is 3.93. The van der Waals surface area contributed by atoms with Gasteiger partial charge >= 0.3 is 0 Å². The Balaban J connectivity index is 1.64. The highest BCUT2D eigenvalue weighted by atomic mass is 32.2. The molecule has 2 amide bonds. The number of anilines is 1. The molecular weight excluding hydrogens is 408 g/mol. The summed E-state index contributed by atoms with van der Waals surface area (Å²) in [5.41, 5.74) is 5.94. The molecule has 30 heavy (non-hydrogen) atoms. The van der Waals surface area contributed by atoms with Gasteiger partial charge in [0, 0.05) is 24.1 Å². The summed E-state index contributed by atoms with van der Waals surface area (Å²) in [6.07, 6.45) is 1.32. The number of sulfonamides is 1. The molecule has 0 aliphatic heterocycles. The maximum Gasteiger partial charge on any atom is 0.257 e. The number of carbonyl (C=O) groups excluding carboxylic acids is 2. The first-order valence-corrected chi connectivity index (χ1v) is 10.6. The number of methoxy groups -OCH3 is 1. The number of benzene rings is 2. The summed E-state index contributed by atoms with van der Waals surface area (Å²) in [4.78, 5) is 23.5. The molecule has 0 atom stereocenters. The molecular formula is C20H24N4O5S. The van der Waals surface area contributed by atoms with Crippen LogP contribution in [0.1, 0.15) is 12.0 Å². The Morgan fingerprint density at radius 2 is 1.63 bits per heavy atom. The number of carbonyl (C=O) groups is 2. The van der Waals surface area contributed by atoms with Crippen LogP contribution < -0.4 is 25.6 Å².